The second-order valence-electron chi connectivity index (χ2n) is 7.30. The Morgan fingerprint density at radius 1 is 0.972 bits per heavy atom. The molecule has 2 aromatic heterocycles. The molecule has 14 heteroatoms. The van der Waals surface area contributed by atoms with Gasteiger partial charge in [0.1, 0.15) is 22.2 Å². The molecule has 2 heterocycles. The highest BCUT2D eigenvalue weighted by Crippen LogP contribution is 2.33. The summed E-state index contributed by atoms with van der Waals surface area (Å²) in [6.07, 6.45) is -6.79. The first kappa shape index (κ1) is 25.1. The van der Waals surface area contributed by atoms with Crippen molar-refractivity contribution in [3.63, 3.8) is 0 Å². The molecule has 36 heavy (non-hydrogen) atoms. The smallest absolute Gasteiger partial charge is 0.227 e. The Bertz CT molecular complexity index is 1670. The molecule has 0 fully saturated rings. The fraction of sp³-hybridized carbons (Fsp3) is 0.0909. The third kappa shape index (κ3) is 4.88. The number of fused-ring (bicyclic) bond motifs is 1. The molecule has 0 amide bonds. The highest BCUT2D eigenvalue weighted by Gasteiger charge is 2.30. The van der Waals surface area contributed by atoms with E-state index in [0.29, 0.717) is 10.6 Å². The Balaban J connectivity index is 1.88. The molecular weight excluding hydrogens is 517 g/mol. The second-order valence-corrected chi connectivity index (χ2v) is 8.83. The normalized spacial score (nSPS) is 12.1. The van der Waals surface area contributed by atoms with Crippen LogP contribution in [0.1, 0.15) is 28.8 Å². The van der Waals surface area contributed by atoms with Gasteiger partial charge in [0.15, 0.2) is 5.65 Å². The predicted octanol–water partition coefficient (Wildman–Crippen LogP) is 4.68. The number of aromatic nitrogens is 3. The molecule has 0 bridgehead atoms. The number of nitrogens with zero attached hydrogens (tertiary/aromatic N) is 3. The molecule has 0 spiro atoms. The third-order valence-corrected chi connectivity index (χ3v) is 5.79. The topological polar surface area (TPSA) is 90.4 Å². The first-order valence-electron chi connectivity index (χ1n) is 9.64. The second kappa shape index (κ2) is 8.92. The van der Waals surface area contributed by atoms with Gasteiger partial charge in [-0.25, -0.2) is 40.6 Å². The quantitative estimate of drug-likeness (QED) is 0.309. The van der Waals surface area contributed by atoms with Gasteiger partial charge in [-0.05, 0) is 24.3 Å². The van der Waals surface area contributed by atoms with Crippen LogP contribution in [0.5, 0.6) is 0 Å². The fourth-order valence-corrected chi connectivity index (χ4v) is 3.82. The SMILES string of the molecule is NS(=O)(=O)c1cc(C#Cc2cnn3c(C(F)F)cc(-c4cccc(C(F)(F)F)c4)nc23)c(F)cc1F. The van der Waals surface area contributed by atoms with Crippen molar-refractivity contribution in [3.8, 4) is 23.1 Å². The summed E-state index contributed by atoms with van der Waals surface area (Å²) in [5.74, 6) is 1.96. The number of rotatable bonds is 3. The summed E-state index contributed by atoms with van der Waals surface area (Å²) in [7, 11) is -4.55. The van der Waals surface area contributed by atoms with E-state index in [1.807, 2.05) is 0 Å². The third-order valence-electron chi connectivity index (χ3n) is 4.87. The number of sulfonamides is 1. The number of primary sulfonamides is 1. The minimum absolute atomic E-state index is 0.114. The van der Waals surface area contributed by atoms with Crippen molar-refractivity contribution in [2.45, 2.75) is 17.5 Å². The standard InChI is InChI=1S/C22H11F7N4O2S/c23-15-8-16(24)19(36(30,34)35)7-11(15)4-5-13-10-31-33-18(20(25)26)9-17(32-21(13)33)12-2-1-3-14(6-12)22(27,28)29/h1-3,6-10,20H,(H2,30,34,35). The summed E-state index contributed by atoms with van der Waals surface area (Å²) in [6, 6.07) is 5.56. The van der Waals surface area contributed by atoms with Crippen LogP contribution < -0.4 is 5.14 Å². The zero-order valence-corrected chi connectivity index (χ0v) is 18.3. The molecule has 4 aromatic rings. The largest absolute Gasteiger partial charge is 0.416 e. The zero-order chi connectivity index (χ0) is 26.4. The summed E-state index contributed by atoms with van der Waals surface area (Å²) in [4.78, 5) is 3.09. The molecule has 0 radical (unpaired) electrons. The molecule has 2 N–H and O–H groups in total. The molecular formula is C22H11F7N4O2S. The first-order chi connectivity index (χ1) is 16.8. The lowest BCUT2D eigenvalue weighted by atomic mass is 10.1. The lowest BCUT2D eigenvalue weighted by Crippen LogP contribution is -2.14. The molecule has 0 atom stereocenters. The summed E-state index contributed by atoms with van der Waals surface area (Å²) in [6.45, 7) is 0. The van der Waals surface area contributed by atoms with Crippen LogP contribution in [-0.2, 0) is 16.2 Å². The zero-order valence-electron chi connectivity index (χ0n) is 17.5. The Morgan fingerprint density at radius 2 is 1.67 bits per heavy atom. The van der Waals surface area contributed by atoms with Crippen molar-refractivity contribution in [2.75, 3.05) is 0 Å². The predicted molar refractivity (Wildman–Crippen MR) is 112 cm³/mol. The Morgan fingerprint density at radius 3 is 2.31 bits per heavy atom. The molecule has 6 nitrogen and oxygen atoms in total. The summed E-state index contributed by atoms with van der Waals surface area (Å²) in [5.41, 5.74) is -3.10. The molecule has 0 unspecified atom stereocenters. The van der Waals surface area contributed by atoms with Gasteiger partial charge in [-0.1, -0.05) is 24.0 Å². The van der Waals surface area contributed by atoms with Gasteiger partial charge in [0.05, 0.1) is 28.6 Å². The molecule has 4 rings (SSSR count). The molecule has 0 aliphatic heterocycles. The van der Waals surface area contributed by atoms with Crippen LogP contribution in [0.3, 0.4) is 0 Å². The van der Waals surface area contributed by atoms with Gasteiger partial charge in [0, 0.05) is 11.6 Å². The van der Waals surface area contributed by atoms with E-state index in [2.05, 4.69) is 21.9 Å². The van der Waals surface area contributed by atoms with E-state index in [9.17, 15) is 39.2 Å². The van der Waals surface area contributed by atoms with Crippen molar-refractivity contribution in [3.05, 3.63) is 82.7 Å². The maximum atomic E-state index is 14.1. The van der Waals surface area contributed by atoms with Crippen LogP contribution in [0.25, 0.3) is 16.9 Å². The Labute approximate surface area is 198 Å². The minimum atomic E-state index is -4.69. The van der Waals surface area contributed by atoms with Crippen molar-refractivity contribution < 1.29 is 39.2 Å². The van der Waals surface area contributed by atoms with E-state index in [4.69, 9.17) is 5.14 Å². The maximum Gasteiger partial charge on any atom is 0.416 e. The van der Waals surface area contributed by atoms with Crippen LogP contribution in [0.4, 0.5) is 30.7 Å². The highest BCUT2D eigenvalue weighted by atomic mass is 32.2. The van der Waals surface area contributed by atoms with E-state index >= 15 is 0 Å². The van der Waals surface area contributed by atoms with E-state index in [1.54, 1.807) is 0 Å². The van der Waals surface area contributed by atoms with Gasteiger partial charge < -0.3 is 0 Å². The van der Waals surface area contributed by atoms with E-state index in [-0.39, 0.29) is 28.5 Å². The average Bonchev–Trinajstić information content (AvgIpc) is 3.19. The summed E-state index contributed by atoms with van der Waals surface area (Å²) < 4.78 is 118. The van der Waals surface area contributed by atoms with Crippen LogP contribution in [0, 0.1) is 23.5 Å². The fourth-order valence-electron chi connectivity index (χ4n) is 3.21. The van der Waals surface area contributed by atoms with Crippen LogP contribution in [0.2, 0.25) is 0 Å². The molecule has 2 aromatic carbocycles. The maximum absolute atomic E-state index is 14.1. The summed E-state index contributed by atoms with van der Waals surface area (Å²) >= 11 is 0. The lowest BCUT2D eigenvalue weighted by molar-refractivity contribution is -0.137. The van der Waals surface area contributed by atoms with E-state index < -0.39 is 56.0 Å². The minimum Gasteiger partial charge on any atom is -0.227 e. The number of halogens is 7. The lowest BCUT2D eigenvalue weighted by Gasteiger charge is -2.10. The molecule has 186 valence electrons. The van der Waals surface area contributed by atoms with Crippen molar-refractivity contribution >= 4 is 15.7 Å². The Hall–Kier alpha value is -3.96. The van der Waals surface area contributed by atoms with Crippen LogP contribution >= 0.6 is 0 Å². The average molecular weight is 528 g/mol. The molecule has 0 saturated carbocycles. The number of alkyl halides is 5. The van der Waals surface area contributed by atoms with E-state index in [0.717, 1.165) is 30.5 Å². The van der Waals surface area contributed by atoms with Crippen molar-refractivity contribution in [1.82, 2.24) is 14.6 Å². The van der Waals surface area contributed by atoms with Gasteiger partial charge in [-0.3, -0.25) is 0 Å². The van der Waals surface area contributed by atoms with Crippen molar-refractivity contribution in [1.29, 1.82) is 0 Å². The number of benzene rings is 2. The van der Waals surface area contributed by atoms with Crippen LogP contribution in [-0.4, -0.2) is 23.0 Å². The Kier molecular flexibility index (Phi) is 6.23. The highest BCUT2D eigenvalue weighted by molar-refractivity contribution is 7.89. The van der Waals surface area contributed by atoms with Gasteiger partial charge in [-0.2, -0.15) is 18.3 Å². The van der Waals surface area contributed by atoms with Crippen molar-refractivity contribution in [2.24, 2.45) is 5.14 Å². The molecule has 0 aliphatic carbocycles. The molecule has 0 aliphatic rings. The number of hydrogen-bond donors (Lipinski definition) is 1. The summed E-state index contributed by atoms with van der Waals surface area (Å²) in [5, 5.41) is 8.65. The number of hydrogen-bond acceptors (Lipinski definition) is 4. The van der Waals surface area contributed by atoms with Gasteiger partial charge >= 0.3 is 6.18 Å². The monoisotopic (exact) mass is 528 g/mol. The van der Waals surface area contributed by atoms with Gasteiger partial charge in [-0.15, -0.1) is 0 Å². The van der Waals surface area contributed by atoms with Gasteiger partial charge in [0.25, 0.3) is 6.43 Å². The van der Waals surface area contributed by atoms with Gasteiger partial charge in [0.2, 0.25) is 10.0 Å². The number of nitrogens with two attached hydrogens (primary N) is 1. The molecule has 0 saturated heterocycles. The van der Waals surface area contributed by atoms with Crippen LogP contribution in [0.15, 0.2) is 53.6 Å². The first-order valence-corrected chi connectivity index (χ1v) is 11.2. The van der Waals surface area contributed by atoms with E-state index in [1.165, 1.54) is 6.07 Å².